The van der Waals surface area contributed by atoms with Crippen LogP contribution >= 0.6 is 12.4 Å². The molecule has 1 heterocycles. The van der Waals surface area contributed by atoms with Gasteiger partial charge in [0.1, 0.15) is 5.75 Å². The van der Waals surface area contributed by atoms with E-state index in [1.54, 1.807) is 0 Å². The molecule has 1 atom stereocenters. The van der Waals surface area contributed by atoms with Gasteiger partial charge in [-0.25, -0.2) is 0 Å². The Labute approximate surface area is 140 Å². The molecular weight excluding hydrogens is 300 g/mol. The number of ether oxygens (including phenoxy) is 1. The lowest BCUT2D eigenvalue weighted by Gasteiger charge is -2.43. The highest BCUT2D eigenvalue weighted by atomic mass is 35.5. The summed E-state index contributed by atoms with van der Waals surface area (Å²) in [6.45, 7) is 11.2. The summed E-state index contributed by atoms with van der Waals surface area (Å²) in [6.07, 6.45) is 0. The predicted octanol–water partition coefficient (Wildman–Crippen LogP) is 2.47. The molecule has 1 aromatic carbocycles. The quantitative estimate of drug-likeness (QED) is 0.842. The van der Waals surface area contributed by atoms with Crippen LogP contribution in [0.15, 0.2) is 24.3 Å². The third-order valence-electron chi connectivity index (χ3n) is 4.17. The molecule has 4 nitrogen and oxygen atoms in total. The Balaban J connectivity index is 0.00000242. The summed E-state index contributed by atoms with van der Waals surface area (Å²) in [4.78, 5) is 2.47. The van der Waals surface area contributed by atoms with E-state index in [1.165, 1.54) is 5.56 Å². The van der Waals surface area contributed by atoms with Crippen molar-refractivity contribution in [3.63, 3.8) is 0 Å². The fraction of sp³-hybridized carbons (Fsp3) is 0.647. The zero-order valence-electron chi connectivity index (χ0n) is 13.8. The second kappa shape index (κ2) is 8.73. The summed E-state index contributed by atoms with van der Waals surface area (Å²) in [5, 5.41) is 13.2. The molecule has 1 aromatic rings. The van der Waals surface area contributed by atoms with Gasteiger partial charge in [0.25, 0.3) is 0 Å². The number of nitrogens with one attached hydrogen (secondary N) is 1. The topological polar surface area (TPSA) is 44.7 Å². The molecule has 2 N–H and O–H groups in total. The van der Waals surface area contributed by atoms with E-state index in [0.717, 1.165) is 31.9 Å². The lowest BCUT2D eigenvalue weighted by Crippen LogP contribution is -2.49. The van der Waals surface area contributed by atoms with Crippen LogP contribution < -0.4 is 10.1 Å². The minimum absolute atomic E-state index is 0. The van der Waals surface area contributed by atoms with Gasteiger partial charge >= 0.3 is 0 Å². The highest BCUT2D eigenvalue weighted by Gasteiger charge is 2.35. The average molecular weight is 329 g/mol. The molecule has 0 amide bonds. The first kappa shape index (κ1) is 19.2. The first-order valence-corrected chi connectivity index (χ1v) is 7.87. The van der Waals surface area contributed by atoms with Crippen molar-refractivity contribution in [1.82, 2.24) is 10.2 Å². The Morgan fingerprint density at radius 2 is 1.82 bits per heavy atom. The SMILES string of the molecule is CCOc1ccc([C@H](N2CCNCC2)C(C)(C)CO)cc1.Cl. The van der Waals surface area contributed by atoms with Gasteiger partial charge in [-0.3, -0.25) is 4.90 Å². The molecule has 0 unspecified atom stereocenters. The van der Waals surface area contributed by atoms with Crippen molar-refractivity contribution in [2.75, 3.05) is 39.4 Å². The van der Waals surface area contributed by atoms with Gasteiger partial charge in [-0.1, -0.05) is 26.0 Å². The summed E-state index contributed by atoms with van der Waals surface area (Å²) in [7, 11) is 0. The van der Waals surface area contributed by atoms with Gasteiger partial charge in [0.2, 0.25) is 0 Å². The van der Waals surface area contributed by atoms with Gasteiger partial charge in [-0.05, 0) is 24.6 Å². The van der Waals surface area contributed by atoms with Crippen LogP contribution in [0.25, 0.3) is 0 Å². The number of aliphatic hydroxyl groups excluding tert-OH is 1. The summed E-state index contributed by atoms with van der Waals surface area (Å²) in [5.41, 5.74) is 1.07. The molecule has 0 aliphatic carbocycles. The average Bonchev–Trinajstić information content (AvgIpc) is 2.50. The smallest absolute Gasteiger partial charge is 0.119 e. The number of benzene rings is 1. The molecule has 1 aliphatic rings. The van der Waals surface area contributed by atoms with Crippen LogP contribution in [0, 0.1) is 5.41 Å². The van der Waals surface area contributed by atoms with E-state index in [1.807, 2.05) is 19.1 Å². The van der Waals surface area contributed by atoms with Crippen molar-refractivity contribution < 1.29 is 9.84 Å². The van der Waals surface area contributed by atoms with E-state index in [0.29, 0.717) is 6.61 Å². The van der Waals surface area contributed by atoms with Crippen molar-refractivity contribution in [3.05, 3.63) is 29.8 Å². The monoisotopic (exact) mass is 328 g/mol. The second-order valence-electron chi connectivity index (χ2n) is 6.34. The maximum atomic E-state index is 9.83. The van der Waals surface area contributed by atoms with Gasteiger partial charge in [-0.2, -0.15) is 0 Å². The van der Waals surface area contributed by atoms with Gasteiger partial charge in [0.05, 0.1) is 6.61 Å². The number of hydrogen-bond donors (Lipinski definition) is 2. The van der Waals surface area contributed by atoms with Crippen LogP contribution in [0.5, 0.6) is 5.75 Å². The molecule has 0 aromatic heterocycles. The Hall–Kier alpha value is -0.810. The first-order chi connectivity index (χ1) is 10.1. The summed E-state index contributed by atoms with van der Waals surface area (Å²) < 4.78 is 5.53. The van der Waals surface area contributed by atoms with Crippen molar-refractivity contribution in [2.24, 2.45) is 5.41 Å². The molecule has 1 fully saturated rings. The van der Waals surface area contributed by atoms with Crippen LogP contribution in [-0.2, 0) is 0 Å². The molecule has 5 heteroatoms. The van der Waals surface area contributed by atoms with E-state index in [-0.39, 0.29) is 30.5 Å². The molecule has 126 valence electrons. The molecule has 0 radical (unpaired) electrons. The summed E-state index contributed by atoms with van der Waals surface area (Å²) in [6, 6.07) is 8.55. The van der Waals surface area contributed by atoms with E-state index in [9.17, 15) is 5.11 Å². The van der Waals surface area contributed by atoms with Crippen molar-refractivity contribution >= 4 is 12.4 Å². The van der Waals surface area contributed by atoms with Gasteiger partial charge in [0.15, 0.2) is 0 Å². The number of rotatable bonds is 6. The third-order valence-corrected chi connectivity index (χ3v) is 4.17. The van der Waals surface area contributed by atoms with Gasteiger partial charge in [-0.15, -0.1) is 12.4 Å². The Kier molecular flexibility index (Phi) is 7.63. The van der Waals surface area contributed by atoms with Crippen LogP contribution in [0.2, 0.25) is 0 Å². The van der Waals surface area contributed by atoms with Crippen molar-refractivity contribution in [3.8, 4) is 5.75 Å². The Bertz CT molecular complexity index is 431. The number of aliphatic hydroxyl groups is 1. The highest BCUT2D eigenvalue weighted by Crippen LogP contribution is 2.38. The Morgan fingerprint density at radius 1 is 1.23 bits per heavy atom. The van der Waals surface area contributed by atoms with Crippen molar-refractivity contribution in [1.29, 1.82) is 0 Å². The molecule has 0 spiro atoms. The largest absolute Gasteiger partial charge is 0.494 e. The minimum atomic E-state index is -0.176. The molecule has 0 bridgehead atoms. The number of piperazine rings is 1. The molecule has 22 heavy (non-hydrogen) atoms. The second-order valence-corrected chi connectivity index (χ2v) is 6.34. The first-order valence-electron chi connectivity index (χ1n) is 7.87. The zero-order chi connectivity index (χ0) is 15.3. The minimum Gasteiger partial charge on any atom is -0.494 e. The van der Waals surface area contributed by atoms with Crippen LogP contribution in [0.3, 0.4) is 0 Å². The summed E-state index contributed by atoms with van der Waals surface area (Å²) >= 11 is 0. The maximum absolute atomic E-state index is 9.83. The maximum Gasteiger partial charge on any atom is 0.119 e. The van der Waals surface area contributed by atoms with Crippen LogP contribution in [0.4, 0.5) is 0 Å². The fourth-order valence-corrected chi connectivity index (χ4v) is 3.10. The van der Waals surface area contributed by atoms with E-state index < -0.39 is 0 Å². The van der Waals surface area contributed by atoms with E-state index in [2.05, 4.69) is 36.2 Å². The molecule has 1 saturated heterocycles. The fourth-order valence-electron chi connectivity index (χ4n) is 3.10. The lowest BCUT2D eigenvalue weighted by molar-refractivity contribution is 0.0305. The molecule has 0 saturated carbocycles. The number of hydrogen-bond acceptors (Lipinski definition) is 4. The lowest BCUT2D eigenvalue weighted by atomic mass is 9.79. The van der Waals surface area contributed by atoms with Gasteiger partial charge < -0.3 is 15.2 Å². The molecular formula is C17H29ClN2O2. The molecule has 1 aliphatic heterocycles. The van der Waals surface area contributed by atoms with E-state index >= 15 is 0 Å². The Morgan fingerprint density at radius 3 is 2.32 bits per heavy atom. The third kappa shape index (κ3) is 4.59. The predicted molar refractivity (Wildman–Crippen MR) is 92.9 cm³/mol. The zero-order valence-corrected chi connectivity index (χ0v) is 14.7. The number of halogens is 1. The van der Waals surface area contributed by atoms with E-state index in [4.69, 9.17) is 4.74 Å². The standard InChI is InChI=1S/C17H28N2O2.ClH/c1-4-21-15-7-5-14(6-8-15)16(17(2,3)13-20)19-11-9-18-10-12-19;/h5-8,16,18,20H,4,9-13H2,1-3H3;1H/t16-;/m0./s1. The van der Waals surface area contributed by atoms with Gasteiger partial charge in [0, 0.05) is 44.2 Å². The van der Waals surface area contributed by atoms with Crippen molar-refractivity contribution in [2.45, 2.75) is 26.8 Å². The highest BCUT2D eigenvalue weighted by molar-refractivity contribution is 5.85. The number of nitrogens with zero attached hydrogens (tertiary/aromatic N) is 1. The normalized spacial score (nSPS) is 17.6. The summed E-state index contributed by atoms with van der Waals surface area (Å²) in [5.74, 6) is 0.905. The molecule has 2 rings (SSSR count). The van der Waals surface area contributed by atoms with Crippen LogP contribution in [-0.4, -0.2) is 49.4 Å². The van der Waals surface area contributed by atoms with Crippen LogP contribution in [0.1, 0.15) is 32.4 Å².